The number of carbonyl (C=O) groups is 2. The van der Waals surface area contributed by atoms with Crippen molar-refractivity contribution in [2.24, 2.45) is 0 Å². The number of carbonyl (C=O) groups excluding carboxylic acids is 2. The normalized spacial score (nSPS) is 13.8. The second kappa shape index (κ2) is 8.87. The highest BCUT2D eigenvalue weighted by molar-refractivity contribution is 7.17. The summed E-state index contributed by atoms with van der Waals surface area (Å²) >= 11 is 0.711. The van der Waals surface area contributed by atoms with E-state index < -0.39 is 56.6 Å². The SMILES string of the molecule is CCNC(=O)c1c(N(F)C(=O)c2c(F)c(F)c(F)c(F)c2F)sc2c1CCN(CC)C2. The van der Waals surface area contributed by atoms with Crippen LogP contribution < -0.4 is 10.4 Å². The maximum atomic E-state index is 15.1. The van der Waals surface area contributed by atoms with Crippen LogP contribution in [0.15, 0.2) is 0 Å². The van der Waals surface area contributed by atoms with Crippen LogP contribution in [0.5, 0.6) is 0 Å². The first-order valence-electron chi connectivity index (χ1n) is 9.30. The summed E-state index contributed by atoms with van der Waals surface area (Å²) in [6, 6.07) is 0. The number of nitrogens with one attached hydrogen (secondary N) is 1. The zero-order chi connectivity index (χ0) is 23.0. The molecule has 1 aromatic heterocycles. The van der Waals surface area contributed by atoms with Gasteiger partial charge in [0.05, 0.1) is 5.56 Å². The Kier molecular flexibility index (Phi) is 6.60. The van der Waals surface area contributed by atoms with Crippen molar-refractivity contribution >= 4 is 28.2 Å². The Balaban J connectivity index is 2.12. The van der Waals surface area contributed by atoms with Crippen LogP contribution in [0.4, 0.5) is 31.4 Å². The molecule has 0 aliphatic carbocycles. The van der Waals surface area contributed by atoms with Crippen LogP contribution in [0.1, 0.15) is 45.0 Å². The molecule has 1 aliphatic heterocycles. The van der Waals surface area contributed by atoms with E-state index in [0.29, 0.717) is 47.8 Å². The van der Waals surface area contributed by atoms with Gasteiger partial charge in [0.15, 0.2) is 23.3 Å². The summed E-state index contributed by atoms with van der Waals surface area (Å²) in [5.41, 5.74) is -1.66. The number of halogens is 6. The summed E-state index contributed by atoms with van der Waals surface area (Å²) in [5.74, 6) is -14.9. The molecule has 0 saturated carbocycles. The zero-order valence-electron chi connectivity index (χ0n) is 16.4. The average molecular weight is 465 g/mol. The summed E-state index contributed by atoms with van der Waals surface area (Å²) in [6.45, 7) is 5.28. The first kappa shape index (κ1) is 23.1. The number of anilines is 1. The Hall–Kier alpha value is -2.60. The van der Waals surface area contributed by atoms with E-state index >= 15 is 4.48 Å². The molecule has 12 heteroatoms. The van der Waals surface area contributed by atoms with Gasteiger partial charge in [-0.2, -0.15) is 0 Å². The van der Waals surface area contributed by atoms with Crippen LogP contribution in [-0.2, 0) is 13.0 Å². The molecule has 168 valence electrons. The van der Waals surface area contributed by atoms with Crippen molar-refractivity contribution in [3.63, 3.8) is 0 Å². The monoisotopic (exact) mass is 465 g/mol. The van der Waals surface area contributed by atoms with Crippen molar-refractivity contribution in [1.82, 2.24) is 10.2 Å². The van der Waals surface area contributed by atoms with Gasteiger partial charge < -0.3 is 5.32 Å². The highest BCUT2D eigenvalue weighted by atomic mass is 32.1. The minimum Gasteiger partial charge on any atom is -0.352 e. The summed E-state index contributed by atoms with van der Waals surface area (Å²) in [4.78, 5) is 27.6. The number of hydrogen-bond donors (Lipinski definition) is 1. The van der Waals surface area contributed by atoms with Crippen LogP contribution in [0.2, 0.25) is 0 Å². The second-order valence-corrected chi connectivity index (χ2v) is 7.78. The van der Waals surface area contributed by atoms with Gasteiger partial charge in [-0.05, 0) is 25.5 Å². The maximum absolute atomic E-state index is 15.1. The van der Waals surface area contributed by atoms with E-state index in [1.165, 1.54) is 0 Å². The van der Waals surface area contributed by atoms with Gasteiger partial charge in [0.1, 0.15) is 10.6 Å². The molecule has 0 atom stereocenters. The third kappa shape index (κ3) is 3.89. The lowest BCUT2D eigenvalue weighted by Crippen LogP contribution is -2.32. The first-order valence-corrected chi connectivity index (χ1v) is 10.1. The number of fused-ring (bicyclic) bond motifs is 1. The van der Waals surface area contributed by atoms with Gasteiger partial charge in [-0.15, -0.1) is 16.5 Å². The van der Waals surface area contributed by atoms with Gasteiger partial charge in [0.25, 0.3) is 11.8 Å². The fourth-order valence-electron chi connectivity index (χ4n) is 3.32. The van der Waals surface area contributed by atoms with Crippen molar-refractivity contribution in [2.45, 2.75) is 26.8 Å². The largest absolute Gasteiger partial charge is 0.352 e. The molecule has 0 saturated heterocycles. The predicted molar refractivity (Wildman–Crippen MR) is 101 cm³/mol. The van der Waals surface area contributed by atoms with E-state index in [-0.39, 0.29) is 12.1 Å². The Morgan fingerprint density at radius 3 is 2.13 bits per heavy atom. The molecule has 1 N–H and O–H groups in total. The van der Waals surface area contributed by atoms with Crippen molar-refractivity contribution in [2.75, 3.05) is 24.8 Å². The molecule has 0 spiro atoms. The Morgan fingerprint density at radius 2 is 1.58 bits per heavy atom. The molecule has 5 nitrogen and oxygen atoms in total. The topological polar surface area (TPSA) is 52.7 Å². The summed E-state index contributed by atoms with van der Waals surface area (Å²) in [6.07, 6.45) is 0.358. The standard InChI is InChI=1S/C19H17F6N3O2S/c1-3-26-17(29)10-8-5-6-27(4-2)7-9(8)31-19(10)28(25)18(30)11-12(20)14(22)16(24)15(23)13(11)21/h3-7H2,1-2H3,(H,26,29). The minimum atomic E-state index is -2.47. The Bertz CT molecular complexity index is 1030. The molecular formula is C19H17F6N3O2S. The van der Waals surface area contributed by atoms with Crippen LogP contribution >= 0.6 is 11.3 Å². The second-order valence-electron chi connectivity index (χ2n) is 6.69. The van der Waals surface area contributed by atoms with Crippen molar-refractivity contribution in [1.29, 1.82) is 0 Å². The number of rotatable bonds is 5. The van der Waals surface area contributed by atoms with E-state index in [1.54, 1.807) is 6.92 Å². The predicted octanol–water partition coefficient (Wildman–Crippen LogP) is 4.10. The van der Waals surface area contributed by atoms with Gasteiger partial charge in [0.2, 0.25) is 5.82 Å². The molecule has 0 radical (unpaired) electrons. The molecule has 2 aromatic rings. The van der Waals surface area contributed by atoms with Gasteiger partial charge in [0, 0.05) is 24.5 Å². The van der Waals surface area contributed by atoms with E-state index in [9.17, 15) is 31.5 Å². The van der Waals surface area contributed by atoms with E-state index in [1.807, 2.05) is 11.8 Å². The van der Waals surface area contributed by atoms with Crippen LogP contribution in [0, 0.1) is 29.1 Å². The molecule has 2 amide bonds. The smallest absolute Gasteiger partial charge is 0.293 e. The van der Waals surface area contributed by atoms with Crippen LogP contribution in [0.25, 0.3) is 0 Å². The molecule has 1 aromatic carbocycles. The molecule has 31 heavy (non-hydrogen) atoms. The fraction of sp³-hybridized carbons (Fsp3) is 0.368. The highest BCUT2D eigenvalue weighted by Crippen LogP contribution is 2.40. The van der Waals surface area contributed by atoms with Gasteiger partial charge in [-0.1, -0.05) is 11.4 Å². The average Bonchev–Trinajstić information content (AvgIpc) is 3.14. The molecular weight excluding hydrogens is 448 g/mol. The molecule has 2 heterocycles. The Morgan fingerprint density at radius 1 is 1.00 bits per heavy atom. The lowest BCUT2D eigenvalue weighted by Gasteiger charge is -2.25. The number of amides is 2. The molecule has 0 bridgehead atoms. The van der Waals surface area contributed by atoms with E-state index in [4.69, 9.17) is 0 Å². The van der Waals surface area contributed by atoms with Crippen molar-refractivity contribution in [3.05, 3.63) is 50.7 Å². The lowest BCUT2D eigenvalue weighted by atomic mass is 10.0. The van der Waals surface area contributed by atoms with E-state index in [0.717, 1.165) is 0 Å². The summed E-state index contributed by atoms with van der Waals surface area (Å²) in [5, 5.41) is 1.16. The fourth-order valence-corrected chi connectivity index (χ4v) is 4.61. The van der Waals surface area contributed by atoms with Crippen molar-refractivity contribution < 1.29 is 36.0 Å². The van der Waals surface area contributed by atoms with E-state index in [2.05, 4.69) is 5.32 Å². The van der Waals surface area contributed by atoms with Crippen LogP contribution in [0.3, 0.4) is 0 Å². The number of likely N-dealkylation sites (N-methyl/N-ethyl adjacent to an activating group) is 1. The highest BCUT2D eigenvalue weighted by Gasteiger charge is 2.37. The third-order valence-electron chi connectivity index (χ3n) is 4.91. The van der Waals surface area contributed by atoms with Gasteiger partial charge >= 0.3 is 0 Å². The number of hydrogen-bond acceptors (Lipinski definition) is 4. The van der Waals surface area contributed by atoms with Gasteiger partial charge in [-0.3, -0.25) is 14.5 Å². The maximum Gasteiger partial charge on any atom is 0.293 e. The number of nitrogens with zero attached hydrogens (tertiary/aromatic N) is 2. The summed E-state index contributed by atoms with van der Waals surface area (Å²) < 4.78 is 83.4. The first-order chi connectivity index (χ1) is 14.6. The minimum absolute atomic E-state index is 0.182. The third-order valence-corrected chi connectivity index (χ3v) is 6.09. The Labute approximate surface area is 177 Å². The molecule has 0 unspecified atom stereocenters. The molecule has 3 rings (SSSR count). The quantitative estimate of drug-likeness (QED) is 0.313. The zero-order valence-corrected chi connectivity index (χ0v) is 17.2. The number of thiophene rings is 1. The lowest BCUT2D eigenvalue weighted by molar-refractivity contribution is 0.0919. The number of benzene rings is 1. The molecule has 1 aliphatic rings. The van der Waals surface area contributed by atoms with Crippen LogP contribution in [-0.4, -0.2) is 36.3 Å². The van der Waals surface area contributed by atoms with Gasteiger partial charge in [-0.25, -0.2) is 22.0 Å². The molecule has 0 fully saturated rings. The summed E-state index contributed by atoms with van der Waals surface area (Å²) in [7, 11) is 0. The van der Waals surface area contributed by atoms with Crippen molar-refractivity contribution in [3.8, 4) is 0 Å².